The smallest absolute Gasteiger partial charge is 0.132 e. The monoisotopic (exact) mass is 269 g/mol. The summed E-state index contributed by atoms with van der Waals surface area (Å²) in [6, 6.07) is 16.9. The highest BCUT2D eigenvalue weighted by molar-refractivity contribution is 5.40. The van der Waals surface area contributed by atoms with Crippen molar-refractivity contribution in [1.82, 2.24) is 5.32 Å². The number of aryl methyl sites for hydroxylation is 1. The lowest BCUT2D eigenvalue weighted by atomic mass is 10.0. The molecule has 0 aliphatic rings. The van der Waals surface area contributed by atoms with Gasteiger partial charge >= 0.3 is 0 Å². The van der Waals surface area contributed by atoms with Gasteiger partial charge in [-0.25, -0.2) is 0 Å². The zero-order valence-corrected chi connectivity index (χ0v) is 12.5. The van der Waals surface area contributed by atoms with Crippen molar-refractivity contribution in [2.45, 2.75) is 32.7 Å². The molecule has 0 aliphatic heterocycles. The van der Waals surface area contributed by atoms with Crippen LogP contribution in [0.1, 0.15) is 37.4 Å². The number of nitrogens with one attached hydrogen (secondary N) is 1. The van der Waals surface area contributed by atoms with Gasteiger partial charge in [0.25, 0.3) is 0 Å². The van der Waals surface area contributed by atoms with Gasteiger partial charge in [0.05, 0.1) is 0 Å². The minimum atomic E-state index is 0.320. The van der Waals surface area contributed by atoms with E-state index in [-0.39, 0.29) is 0 Å². The molecule has 1 atom stereocenters. The standard InChI is InChI=1S/C18H23NO/c1-4-14-9-8-10-15(13-14)20-18-12-7-6-11-16(18)17(5-2)19-3/h6-13,17,19H,4-5H2,1-3H3. The van der Waals surface area contributed by atoms with Crippen molar-refractivity contribution in [3.8, 4) is 11.5 Å². The van der Waals surface area contributed by atoms with Crippen LogP contribution < -0.4 is 10.1 Å². The Morgan fingerprint density at radius 2 is 1.85 bits per heavy atom. The molecule has 1 unspecified atom stereocenters. The van der Waals surface area contributed by atoms with Gasteiger partial charge in [0, 0.05) is 11.6 Å². The zero-order valence-electron chi connectivity index (χ0n) is 12.5. The van der Waals surface area contributed by atoms with Gasteiger partial charge < -0.3 is 10.1 Å². The molecule has 0 aromatic heterocycles. The molecule has 106 valence electrons. The lowest BCUT2D eigenvalue weighted by Gasteiger charge is -2.18. The van der Waals surface area contributed by atoms with Crippen molar-refractivity contribution in [3.05, 3.63) is 59.7 Å². The number of ether oxygens (including phenoxy) is 1. The molecule has 0 spiro atoms. The number of rotatable bonds is 6. The van der Waals surface area contributed by atoms with Crippen LogP contribution in [0.25, 0.3) is 0 Å². The van der Waals surface area contributed by atoms with E-state index in [0.717, 1.165) is 24.3 Å². The van der Waals surface area contributed by atoms with E-state index in [0.29, 0.717) is 6.04 Å². The zero-order chi connectivity index (χ0) is 14.4. The molecule has 2 nitrogen and oxygen atoms in total. The van der Waals surface area contributed by atoms with E-state index in [1.165, 1.54) is 11.1 Å². The van der Waals surface area contributed by atoms with E-state index < -0.39 is 0 Å². The van der Waals surface area contributed by atoms with Crippen LogP contribution in [0.15, 0.2) is 48.5 Å². The Morgan fingerprint density at radius 1 is 1.05 bits per heavy atom. The van der Waals surface area contributed by atoms with Gasteiger partial charge in [-0.2, -0.15) is 0 Å². The summed E-state index contributed by atoms with van der Waals surface area (Å²) in [5.41, 5.74) is 2.50. The fourth-order valence-corrected chi connectivity index (χ4v) is 2.40. The van der Waals surface area contributed by atoms with Crippen LogP contribution in [-0.4, -0.2) is 7.05 Å². The topological polar surface area (TPSA) is 21.3 Å². The lowest BCUT2D eigenvalue weighted by molar-refractivity contribution is 0.458. The summed E-state index contributed by atoms with van der Waals surface area (Å²) in [4.78, 5) is 0. The molecule has 2 aromatic carbocycles. The Hall–Kier alpha value is -1.80. The highest BCUT2D eigenvalue weighted by Crippen LogP contribution is 2.31. The van der Waals surface area contributed by atoms with E-state index in [4.69, 9.17) is 4.74 Å². The second kappa shape index (κ2) is 7.11. The number of hydrogen-bond acceptors (Lipinski definition) is 2. The highest BCUT2D eigenvalue weighted by Gasteiger charge is 2.12. The molecule has 0 bridgehead atoms. The number of benzene rings is 2. The molecule has 0 fully saturated rings. The van der Waals surface area contributed by atoms with E-state index in [1.54, 1.807) is 0 Å². The summed E-state index contributed by atoms with van der Waals surface area (Å²) in [6.07, 6.45) is 2.05. The molecular formula is C18H23NO. The maximum atomic E-state index is 6.10. The van der Waals surface area contributed by atoms with Gasteiger partial charge in [0.15, 0.2) is 0 Å². The maximum Gasteiger partial charge on any atom is 0.132 e. The maximum absolute atomic E-state index is 6.10. The van der Waals surface area contributed by atoms with Crippen LogP contribution in [0, 0.1) is 0 Å². The molecule has 0 radical (unpaired) electrons. The van der Waals surface area contributed by atoms with Gasteiger partial charge in [0.1, 0.15) is 11.5 Å². The molecule has 2 heteroatoms. The summed E-state index contributed by atoms with van der Waals surface area (Å²) in [7, 11) is 1.99. The fraction of sp³-hybridized carbons (Fsp3) is 0.333. The molecule has 0 amide bonds. The fourth-order valence-electron chi connectivity index (χ4n) is 2.40. The van der Waals surface area contributed by atoms with Crippen molar-refractivity contribution in [1.29, 1.82) is 0 Å². The van der Waals surface area contributed by atoms with Crippen molar-refractivity contribution in [2.75, 3.05) is 7.05 Å². The van der Waals surface area contributed by atoms with Crippen molar-refractivity contribution < 1.29 is 4.74 Å². The molecule has 0 saturated carbocycles. The first-order valence-corrected chi connectivity index (χ1v) is 7.31. The largest absolute Gasteiger partial charge is 0.457 e. The van der Waals surface area contributed by atoms with E-state index in [2.05, 4.69) is 43.4 Å². The molecular weight excluding hydrogens is 246 g/mol. The minimum absolute atomic E-state index is 0.320. The highest BCUT2D eigenvalue weighted by atomic mass is 16.5. The number of hydrogen-bond donors (Lipinski definition) is 1. The normalized spacial score (nSPS) is 12.2. The Kier molecular flexibility index (Phi) is 5.19. The first-order valence-electron chi connectivity index (χ1n) is 7.31. The SMILES string of the molecule is CCc1cccc(Oc2ccccc2C(CC)NC)c1. The Morgan fingerprint density at radius 3 is 2.55 bits per heavy atom. The summed E-state index contributed by atoms with van der Waals surface area (Å²) < 4.78 is 6.10. The van der Waals surface area contributed by atoms with Crippen LogP contribution in [0.4, 0.5) is 0 Å². The molecule has 1 N–H and O–H groups in total. The molecule has 2 aromatic rings. The van der Waals surface area contributed by atoms with Gasteiger partial charge in [-0.1, -0.05) is 44.2 Å². The van der Waals surface area contributed by atoms with E-state index >= 15 is 0 Å². The average Bonchev–Trinajstić information content (AvgIpc) is 2.50. The van der Waals surface area contributed by atoms with Crippen LogP contribution in [-0.2, 0) is 6.42 Å². The van der Waals surface area contributed by atoms with E-state index in [1.807, 2.05) is 31.3 Å². The van der Waals surface area contributed by atoms with Gasteiger partial charge in [-0.15, -0.1) is 0 Å². The molecule has 0 saturated heterocycles. The quantitative estimate of drug-likeness (QED) is 0.820. The van der Waals surface area contributed by atoms with Crippen molar-refractivity contribution >= 4 is 0 Å². The van der Waals surface area contributed by atoms with Gasteiger partial charge in [-0.3, -0.25) is 0 Å². The molecule has 2 rings (SSSR count). The van der Waals surface area contributed by atoms with Gasteiger partial charge in [-0.05, 0) is 43.7 Å². The minimum Gasteiger partial charge on any atom is -0.457 e. The molecule has 0 aliphatic carbocycles. The summed E-state index contributed by atoms with van der Waals surface area (Å²) >= 11 is 0. The first kappa shape index (κ1) is 14.6. The van der Waals surface area contributed by atoms with E-state index in [9.17, 15) is 0 Å². The Balaban J connectivity index is 2.28. The summed E-state index contributed by atoms with van der Waals surface area (Å²) in [5.74, 6) is 1.84. The predicted molar refractivity (Wildman–Crippen MR) is 84.4 cm³/mol. The van der Waals surface area contributed by atoms with Crippen LogP contribution in [0.2, 0.25) is 0 Å². The van der Waals surface area contributed by atoms with Crippen LogP contribution >= 0.6 is 0 Å². The number of para-hydroxylation sites is 1. The lowest BCUT2D eigenvalue weighted by Crippen LogP contribution is -2.15. The third-order valence-electron chi connectivity index (χ3n) is 3.59. The second-order valence-corrected chi connectivity index (χ2v) is 4.89. The Labute approximate surface area is 121 Å². The predicted octanol–water partition coefficient (Wildman–Crippen LogP) is 4.71. The average molecular weight is 269 g/mol. The van der Waals surface area contributed by atoms with Crippen LogP contribution in [0.5, 0.6) is 11.5 Å². The van der Waals surface area contributed by atoms with Crippen LogP contribution in [0.3, 0.4) is 0 Å². The summed E-state index contributed by atoms with van der Waals surface area (Å²) in [5, 5.41) is 3.34. The van der Waals surface area contributed by atoms with Crippen molar-refractivity contribution in [3.63, 3.8) is 0 Å². The molecule has 20 heavy (non-hydrogen) atoms. The molecule has 0 heterocycles. The summed E-state index contributed by atoms with van der Waals surface area (Å²) in [6.45, 7) is 4.33. The first-order chi connectivity index (χ1) is 9.78. The van der Waals surface area contributed by atoms with Gasteiger partial charge in [0.2, 0.25) is 0 Å². The second-order valence-electron chi connectivity index (χ2n) is 4.89. The third kappa shape index (κ3) is 3.40. The Bertz CT molecular complexity index is 547. The van der Waals surface area contributed by atoms with Crippen molar-refractivity contribution in [2.24, 2.45) is 0 Å². The third-order valence-corrected chi connectivity index (χ3v) is 3.59.